The molecular weight excluding hydrogens is 386 g/mol. The van der Waals surface area contributed by atoms with Crippen LogP contribution in [0.5, 0.6) is 0 Å². The van der Waals surface area contributed by atoms with E-state index in [2.05, 4.69) is 22.4 Å². The molecule has 7 nitrogen and oxygen atoms in total. The number of rotatable bonds is 9. The number of primary amides is 1. The Kier molecular flexibility index (Phi) is 8.12. The van der Waals surface area contributed by atoms with E-state index in [1.807, 2.05) is 28.8 Å². The summed E-state index contributed by atoms with van der Waals surface area (Å²) >= 11 is 7.22. The molecule has 2 rings (SSSR count). The van der Waals surface area contributed by atoms with Gasteiger partial charge in [-0.3, -0.25) is 10.1 Å². The number of hydrogen-bond acceptors (Lipinski definition) is 5. The molecular formula is C18H24ClN5O2S. The average molecular weight is 410 g/mol. The first-order valence-electron chi connectivity index (χ1n) is 8.88. The van der Waals surface area contributed by atoms with E-state index in [-0.39, 0.29) is 0 Å². The summed E-state index contributed by atoms with van der Waals surface area (Å²) in [4.78, 5) is 22.9. The number of aromatic nitrogens is 3. The highest BCUT2D eigenvalue weighted by Crippen LogP contribution is 2.28. The van der Waals surface area contributed by atoms with Gasteiger partial charge in [-0.1, -0.05) is 49.5 Å². The molecule has 0 saturated heterocycles. The smallest absolute Gasteiger partial charge is 0.318 e. The lowest BCUT2D eigenvalue weighted by molar-refractivity contribution is -0.119. The largest absolute Gasteiger partial charge is 0.351 e. The van der Waals surface area contributed by atoms with Gasteiger partial charge in [-0.15, -0.1) is 10.2 Å². The molecule has 0 aliphatic rings. The number of urea groups is 1. The van der Waals surface area contributed by atoms with Crippen LogP contribution in [-0.2, 0) is 11.3 Å². The molecule has 1 atom stereocenters. The van der Waals surface area contributed by atoms with Crippen molar-refractivity contribution in [1.82, 2.24) is 20.1 Å². The number of imide groups is 1. The fraction of sp³-hybridized carbons (Fsp3) is 0.444. The zero-order valence-corrected chi connectivity index (χ0v) is 17.0. The van der Waals surface area contributed by atoms with E-state index in [4.69, 9.17) is 17.3 Å². The third-order valence-electron chi connectivity index (χ3n) is 3.95. The highest BCUT2D eigenvalue weighted by Gasteiger charge is 2.21. The van der Waals surface area contributed by atoms with Crippen molar-refractivity contribution in [3.05, 3.63) is 29.3 Å². The number of carbonyl (C=O) groups is 2. The molecule has 0 fully saturated rings. The van der Waals surface area contributed by atoms with Crippen LogP contribution in [0.25, 0.3) is 11.4 Å². The second-order valence-corrected chi connectivity index (χ2v) is 7.88. The van der Waals surface area contributed by atoms with E-state index in [9.17, 15) is 9.59 Å². The molecule has 2 aromatic rings. The lowest BCUT2D eigenvalue weighted by Gasteiger charge is -2.13. The number of amides is 3. The van der Waals surface area contributed by atoms with E-state index >= 15 is 0 Å². The predicted octanol–water partition coefficient (Wildman–Crippen LogP) is 3.85. The second kappa shape index (κ2) is 10.3. The first-order chi connectivity index (χ1) is 12.9. The maximum atomic E-state index is 12.0. The number of carbonyl (C=O) groups excluding carboxylic acids is 2. The Morgan fingerprint density at radius 3 is 2.56 bits per heavy atom. The first-order valence-corrected chi connectivity index (χ1v) is 10.1. The fourth-order valence-corrected chi connectivity index (χ4v) is 3.52. The van der Waals surface area contributed by atoms with Gasteiger partial charge in [0.25, 0.3) is 0 Å². The van der Waals surface area contributed by atoms with E-state index in [1.54, 1.807) is 6.92 Å². The summed E-state index contributed by atoms with van der Waals surface area (Å²) in [6.45, 7) is 4.61. The molecule has 0 aliphatic carbocycles. The molecule has 9 heteroatoms. The van der Waals surface area contributed by atoms with Gasteiger partial charge in [0.1, 0.15) is 0 Å². The third kappa shape index (κ3) is 6.25. The number of hydrogen-bond donors (Lipinski definition) is 2. The van der Waals surface area contributed by atoms with E-state index in [0.717, 1.165) is 43.6 Å². The molecule has 0 saturated carbocycles. The van der Waals surface area contributed by atoms with Gasteiger partial charge < -0.3 is 10.3 Å². The molecule has 146 valence electrons. The number of thioether (sulfide) groups is 1. The lowest BCUT2D eigenvalue weighted by atomic mass is 10.2. The van der Waals surface area contributed by atoms with Crippen LogP contribution in [0.4, 0.5) is 4.79 Å². The number of nitrogens with zero attached hydrogens (tertiary/aromatic N) is 3. The van der Waals surface area contributed by atoms with Crippen LogP contribution in [-0.4, -0.2) is 32.0 Å². The van der Waals surface area contributed by atoms with Crippen molar-refractivity contribution in [2.75, 3.05) is 0 Å². The van der Waals surface area contributed by atoms with Gasteiger partial charge in [-0.05, 0) is 37.6 Å². The van der Waals surface area contributed by atoms with Gasteiger partial charge in [-0.2, -0.15) is 0 Å². The zero-order chi connectivity index (χ0) is 19.8. The molecule has 3 N–H and O–H groups in total. The molecule has 1 heterocycles. The predicted molar refractivity (Wildman–Crippen MR) is 108 cm³/mol. The van der Waals surface area contributed by atoms with E-state index in [0.29, 0.717) is 10.2 Å². The summed E-state index contributed by atoms with van der Waals surface area (Å²) in [5.74, 6) is 0.272. The van der Waals surface area contributed by atoms with Gasteiger partial charge in [0.2, 0.25) is 5.91 Å². The number of halogens is 1. The standard InChI is InChI=1S/C18H24ClN5O2S/c1-3-4-5-6-11-24-15(13-7-9-14(19)10-8-13)22-23-18(24)27-12(2)16(25)21-17(20)26/h7-10,12H,3-6,11H2,1-2H3,(H3,20,21,25,26)/t12-/m0/s1. The van der Waals surface area contributed by atoms with Crippen LogP contribution in [0.2, 0.25) is 5.02 Å². The minimum Gasteiger partial charge on any atom is -0.351 e. The van der Waals surface area contributed by atoms with Crippen molar-refractivity contribution in [2.45, 2.75) is 56.5 Å². The topological polar surface area (TPSA) is 103 Å². The normalized spacial score (nSPS) is 12.0. The van der Waals surface area contributed by atoms with E-state index in [1.165, 1.54) is 11.8 Å². The molecule has 0 aliphatic heterocycles. The Morgan fingerprint density at radius 2 is 1.93 bits per heavy atom. The van der Waals surface area contributed by atoms with Gasteiger partial charge in [0.05, 0.1) is 5.25 Å². The number of nitrogens with two attached hydrogens (primary N) is 1. The van der Waals surface area contributed by atoms with Crippen LogP contribution in [0.1, 0.15) is 39.5 Å². The van der Waals surface area contributed by atoms with Crippen molar-refractivity contribution in [1.29, 1.82) is 0 Å². The maximum absolute atomic E-state index is 12.0. The molecule has 0 radical (unpaired) electrons. The monoisotopic (exact) mass is 409 g/mol. The second-order valence-electron chi connectivity index (χ2n) is 6.14. The Hall–Kier alpha value is -2.06. The van der Waals surface area contributed by atoms with Gasteiger partial charge in [-0.25, -0.2) is 4.79 Å². The summed E-state index contributed by atoms with van der Waals surface area (Å²) in [5.41, 5.74) is 5.92. The first kappa shape index (κ1) is 21.2. The minimum atomic E-state index is -0.865. The summed E-state index contributed by atoms with van der Waals surface area (Å²) in [7, 11) is 0. The van der Waals surface area contributed by atoms with Crippen molar-refractivity contribution in [3.63, 3.8) is 0 Å². The molecule has 0 spiro atoms. The quantitative estimate of drug-likeness (QED) is 0.483. The molecule has 0 unspecified atom stereocenters. The SMILES string of the molecule is CCCCCCn1c(S[C@@H](C)C(=O)NC(N)=O)nnc1-c1ccc(Cl)cc1. The van der Waals surface area contributed by atoms with Crippen LogP contribution in [0.15, 0.2) is 29.4 Å². The molecule has 0 bridgehead atoms. The van der Waals surface area contributed by atoms with Crippen LogP contribution in [0.3, 0.4) is 0 Å². The van der Waals surface area contributed by atoms with Crippen LogP contribution in [0, 0.1) is 0 Å². The number of benzene rings is 1. The Bertz CT molecular complexity index is 779. The molecule has 3 amide bonds. The fourth-order valence-electron chi connectivity index (χ4n) is 2.52. The van der Waals surface area contributed by atoms with Crippen LogP contribution < -0.4 is 11.1 Å². The molecule has 1 aromatic heterocycles. The Balaban J connectivity index is 2.23. The number of nitrogens with one attached hydrogen (secondary N) is 1. The summed E-state index contributed by atoms with van der Waals surface area (Å²) in [6, 6.07) is 6.54. The summed E-state index contributed by atoms with van der Waals surface area (Å²) in [5, 5.41) is 11.4. The van der Waals surface area contributed by atoms with Gasteiger partial charge in [0, 0.05) is 17.1 Å². The van der Waals surface area contributed by atoms with Gasteiger partial charge in [0.15, 0.2) is 11.0 Å². The number of unbranched alkanes of at least 4 members (excludes halogenated alkanes) is 3. The minimum absolute atomic E-state index is 0.457. The zero-order valence-electron chi connectivity index (χ0n) is 15.4. The lowest BCUT2D eigenvalue weighted by Crippen LogP contribution is -2.39. The van der Waals surface area contributed by atoms with Crippen molar-refractivity contribution >= 4 is 35.3 Å². The van der Waals surface area contributed by atoms with Crippen molar-refractivity contribution in [3.8, 4) is 11.4 Å². The van der Waals surface area contributed by atoms with Crippen molar-refractivity contribution < 1.29 is 9.59 Å². The molecule has 27 heavy (non-hydrogen) atoms. The highest BCUT2D eigenvalue weighted by molar-refractivity contribution is 8.00. The summed E-state index contributed by atoms with van der Waals surface area (Å²) < 4.78 is 2.01. The van der Waals surface area contributed by atoms with Crippen LogP contribution >= 0.6 is 23.4 Å². The Morgan fingerprint density at radius 1 is 1.22 bits per heavy atom. The van der Waals surface area contributed by atoms with Crippen molar-refractivity contribution in [2.24, 2.45) is 5.73 Å². The Labute approximate surface area is 168 Å². The molecule has 1 aromatic carbocycles. The summed E-state index contributed by atoms with van der Waals surface area (Å²) in [6.07, 6.45) is 4.41. The average Bonchev–Trinajstić information content (AvgIpc) is 3.01. The highest BCUT2D eigenvalue weighted by atomic mass is 35.5. The maximum Gasteiger partial charge on any atom is 0.318 e. The van der Waals surface area contributed by atoms with Gasteiger partial charge >= 0.3 is 6.03 Å². The van der Waals surface area contributed by atoms with E-state index < -0.39 is 17.2 Å². The third-order valence-corrected chi connectivity index (χ3v) is 5.28.